The van der Waals surface area contributed by atoms with Crippen molar-refractivity contribution in [2.75, 3.05) is 5.32 Å². The summed E-state index contributed by atoms with van der Waals surface area (Å²) in [5.41, 5.74) is 1.79. The van der Waals surface area contributed by atoms with Crippen molar-refractivity contribution in [3.05, 3.63) is 66.2 Å². The third-order valence-corrected chi connectivity index (χ3v) is 4.69. The Morgan fingerprint density at radius 3 is 2.65 bits per heavy atom. The van der Waals surface area contributed by atoms with Gasteiger partial charge in [-0.2, -0.15) is 13.9 Å². The number of hydrogen-bond donors (Lipinski definition) is 2. The second-order valence-electron chi connectivity index (χ2n) is 6.58. The molecule has 0 saturated heterocycles. The van der Waals surface area contributed by atoms with E-state index in [1.807, 2.05) is 0 Å². The quantitative estimate of drug-likeness (QED) is 0.491. The fourth-order valence-electron chi connectivity index (χ4n) is 3.16. The fraction of sp³-hybridized carbons (Fsp3) is 0.143. The highest BCUT2D eigenvalue weighted by Gasteiger charge is 2.20. The summed E-state index contributed by atoms with van der Waals surface area (Å²) >= 11 is 0. The van der Waals surface area contributed by atoms with Crippen LogP contribution >= 0.6 is 0 Å². The molecule has 0 bridgehead atoms. The topological polar surface area (TPSA) is 102 Å². The van der Waals surface area contributed by atoms with Gasteiger partial charge in [0.1, 0.15) is 0 Å². The molecule has 3 heterocycles. The van der Waals surface area contributed by atoms with E-state index in [1.54, 1.807) is 37.4 Å². The third kappa shape index (κ3) is 4.05. The number of fused-ring (bicyclic) bond motifs is 1. The largest absolute Gasteiger partial charge is 0.430 e. The number of halogens is 2. The number of alkyl halides is 2. The van der Waals surface area contributed by atoms with Gasteiger partial charge >= 0.3 is 6.61 Å². The summed E-state index contributed by atoms with van der Waals surface area (Å²) in [6.45, 7) is -3.41. The summed E-state index contributed by atoms with van der Waals surface area (Å²) in [6.07, 6.45) is 4.38. The standard InChI is InChI=1S/C21H17F2N5O3/c1-28-17(11-29)15(10-26-28)16-7-14-13(8-24-16)9-25-19(18(14)31-21(22)23)27-20(30)12-5-3-2-4-6-12/h2-10,21,29H,11H2,1H3,(H,25,27,30). The maximum absolute atomic E-state index is 13.2. The van der Waals surface area contributed by atoms with E-state index < -0.39 is 12.5 Å². The predicted octanol–water partition coefficient (Wildman–Crippen LogP) is 3.38. The molecular formula is C21H17F2N5O3. The number of aryl methyl sites for hydroxylation is 1. The lowest BCUT2D eigenvalue weighted by Gasteiger charge is -2.14. The molecule has 0 atom stereocenters. The number of benzene rings is 1. The molecule has 1 aromatic carbocycles. The van der Waals surface area contributed by atoms with Crippen LogP contribution in [0.3, 0.4) is 0 Å². The Morgan fingerprint density at radius 2 is 1.94 bits per heavy atom. The summed E-state index contributed by atoms with van der Waals surface area (Å²) < 4.78 is 32.7. The second-order valence-corrected chi connectivity index (χ2v) is 6.58. The van der Waals surface area contributed by atoms with Gasteiger partial charge < -0.3 is 15.2 Å². The number of nitrogens with one attached hydrogen (secondary N) is 1. The molecule has 1 amide bonds. The van der Waals surface area contributed by atoms with Gasteiger partial charge in [-0.05, 0) is 18.2 Å². The van der Waals surface area contributed by atoms with E-state index in [1.165, 1.54) is 29.3 Å². The number of carbonyl (C=O) groups is 1. The molecule has 0 saturated carbocycles. The Hall–Kier alpha value is -3.92. The Bertz CT molecular complexity index is 1240. The Balaban J connectivity index is 1.82. The number of pyridine rings is 2. The summed E-state index contributed by atoms with van der Waals surface area (Å²) in [5, 5.41) is 17.0. The first-order valence-electron chi connectivity index (χ1n) is 9.20. The number of rotatable bonds is 6. The van der Waals surface area contributed by atoms with Crippen LogP contribution in [0.15, 0.2) is 55.0 Å². The predicted molar refractivity (Wildman–Crippen MR) is 109 cm³/mol. The van der Waals surface area contributed by atoms with E-state index in [0.717, 1.165) is 0 Å². The molecule has 0 aliphatic carbocycles. The number of aliphatic hydroxyl groups is 1. The Labute approximate surface area is 175 Å². The highest BCUT2D eigenvalue weighted by atomic mass is 19.3. The first kappa shape index (κ1) is 20.4. The SMILES string of the molecule is Cn1ncc(-c2cc3c(OC(F)F)c(NC(=O)c4ccccc4)ncc3cn2)c1CO. The molecule has 0 spiro atoms. The van der Waals surface area contributed by atoms with Crippen molar-refractivity contribution in [3.63, 3.8) is 0 Å². The molecule has 158 valence electrons. The Morgan fingerprint density at radius 1 is 1.19 bits per heavy atom. The van der Waals surface area contributed by atoms with Crippen LogP contribution in [0.1, 0.15) is 16.1 Å². The van der Waals surface area contributed by atoms with Crippen LogP contribution in [-0.2, 0) is 13.7 Å². The summed E-state index contributed by atoms with van der Waals surface area (Å²) in [5.74, 6) is -0.946. The average Bonchev–Trinajstić information content (AvgIpc) is 3.15. The third-order valence-electron chi connectivity index (χ3n) is 4.69. The molecule has 0 aliphatic heterocycles. The average molecular weight is 425 g/mol. The van der Waals surface area contributed by atoms with Crippen LogP contribution in [0.4, 0.5) is 14.6 Å². The maximum atomic E-state index is 13.2. The van der Waals surface area contributed by atoms with E-state index in [9.17, 15) is 18.7 Å². The lowest BCUT2D eigenvalue weighted by molar-refractivity contribution is -0.0485. The highest BCUT2D eigenvalue weighted by molar-refractivity contribution is 6.06. The van der Waals surface area contributed by atoms with Crippen LogP contribution in [0, 0.1) is 0 Å². The number of amides is 1. The van der Waals surface area contributed by atoms with Crippen molar-refractivity contribution in [2.45, 2.75) is 13.2 Å². The Kier molecular flexibility index (Phi) is 5.54. The summed E-state index contributed by atoms with van der Waals surface area (Å²) in [4.78, 5) is 20.9. The van der Waals surface area contributed by atoms with Crippen molar-refractivity contribution in [1.29, 1.82) is 0 Å². The lowest BCUT2D eigenvalue weighted by Crippen LogP contribution is -2.15. The van der Waals surface area contributed by atoms with E-state index >= 15 is 0 Å². The molecule has 0 aliphatic rings. The number of anilines is 1. The number of nitrogens with zero attached hydrogens (tertiary/aromatic N) is 4. The van der Waals surface area contributed by atoms with Gasteiger partial charge in [-0.25, -0.2) is 4.98 Å². The van der Waals surface area contributed by atoms with Crippen LogP contribution in [0.25, 0.3) is 22.0 Å². The van der Waals surface area contributed by atoms with Crippen LogP contribution in [-0.4, -0.2) is 37.4 Å². The molecule has 8 nitrogen and oxygen atoms in total. The van der Waals surface area contributed by atoms with Crippen molar-refractivity contribution in [2.24, 2.45) is 7.05 Å². The minimum atomic E-state index is -3.14. The van der Waals surface area contributed by atoms with Gasteiger partial charge in [-0.3, -0.25) is 14.5 Å². The van der Waals surface area contributed by atoms with Crippen molar-refractivity contribution >= 4 is 22.5 Å². The van der Waals surface area contributed by atoms with Crippen LogP contribution in [0.5, 0.6) is 5.75 Å². The van der Waals surface area contributed by atoms with Crippen molar-refractivity contribution in [3.8, 4) is 17.0 Å². The monoisotopic (exact) mass is 425 g/mol. The highest BCUT2D eigenvalue weighted by Crippen LogP contribution is 2.35. The smallest absolute Gasteiger partial charge is 0.387 e. The van der Waals surface area contributed by atoms with E-state index in [4.69, 9.17) is 4.74 Å². The summed E-state index contributed by atoms with van der Waals surface area (Å²) in [6, 6.07) is 9.83. The molecule has 0 unspecified atom stereocenters. The maximum Gasteiger partial charge on any atom is 0.387 e. The first-order valence-corrected chi connectivity index (χ1v) is 9.20. The molecule has 3 aromatic heterocycles. The zero-order chi connectivity index (χ0) is 22.0. The van der Waals surface area contributed by atoms with Gasteiger partial charge in [0.05, 0.1) is 24.2 Å². The number of aromatic nitrogens is 4. The number of carbonyl (C=O) groups excluding carboxylic acids is 1. The van der Waals surface area contributed by atoms with Crippen molar-refractivity contribution < 1.29 is 23.4 Å². The van der Waals surface area contributed by atoms with Gasteiger partial charge in [-0.1, -0.05) is 18.2 Å². The van der Waals surface area contributed by atoms with E-state index in [0.29, 0.717) is 27.9 Å². The van der Waals surface area contributed by atoms with Crippen LogP contribution in [0.2, 0.25) is 0 Å². The second kappa shape index (κ2) is 8.44. The fourth-order valence-corrected chi connectivity index (χ4v) is 3.16. The molecule has 0 radical (unpaired) electrons. The molecular weight excluding hydrogens is 408 g/mol. The molecule has 31 heavy (non-hydrogen) atoms. The molecule has 0 fully saturated rings. The zero-order valence-corrected chi connectivity index (χ0v) is 16.3. The van der Waals surface area contributed by atoms with Gasteiger partial charge in [0.15, 0.2) is 11.6 Å². The molecule has 4 rings (SSSR count). The number of aliphatic hydroxyl groups excluding tert-OH is 1. The normalized spacial score (nSPS) is 11.1. The van der Waals surface area contributed by atoms with E-state index in [-0.39, 0.29) is 23.6 Å². The van der Waals surface area contributed by atoms with Crippen molar-refractivity contribution in [1.82, 2.24) is 19.7 Å². The zero-order valence-electron chi connectivity index (χ0n) is 16.3. The number of hydrogen-bond acceptors (Lipinski definition) is 6. The van der Waals surface area contributed by atoms with Gasteiger partial charge in [0, 0.05) is 41.3 Å². The summed E-state index contributed by atoms with van der Waals surface area (Å²) in [7, 11) is 1.67. The van der Waals surface area contributed by atoms with Gasteiger partial charge in [-0.15, -0.1) is 0 Å². The lowest BCUT2D eigenvalue weighted by atomic mass is 10.1. The van der Waals surface area contributed by atoms with Crippen LogP contribution < -0.4 is 10.1 Å². The minimum Gasteiger partial charge on any atom is -0.430 e. The molecule has 2 N–H and O–H groups in total. The van der Waals surface area contributed by atoms with Gasteiger partial charge in [0.2, 0.25) is 0 Å². The minimum absolute atomic E-state index is 0.146. The molecule has 4 aromatic rings. The number of ether oxygens (including phenoxy) is 1. The molecule has 10 heteroatoms. The van der Waals surface area contributed by atoms with Gasteiger partial charge in [0.25, 0.3) is 5.91 Å². The van der Waals surface area contributed by atoms with E-state index in [2.05, 4.69) is 20.4 Å². The first-order chi connectivity index (χ1) is 15.0.